The first kappa shape index (κ1) is 28.0. The Labute approximate surface area is 206 Å². The van der Waals surface area contributed by atoms with Crippen molar-refractivity contribution >= 4 is 0 Å². The Hall–Kier alpha value is -2.25. The summed E-state index contributed by atoms with van der Waals surface area (Å²) in [5.41, 5.74) is 3.49. The van der Waals surface area contributed by atoms with Gasteiger partial charge in [-0.1, -0.05) is 68.4 Å². The van der Waals surface area contributed by atoms with Crippen molar-refractivity contribution in [2.45, 2.75) is 96.4 Å². The van der Waals surface area contributed by atoms with Crippen LogP contribution >= 0.6 is 0 Å². The standard InChI is InChI=1S/C28H39F2N.C2H3N/c1-3-20-31(21-19-22-9-6-5-7-10-22)25(4-2)18-15-23-13-16-24(17-14-23)28-26(29)11-8-12-27(28)30;1-2-3/h5-7,9-10,13-14,16-17,25-28H,3-4,8,11-12,15,18-21H2,1-2H3;1H3. The van der Waals surface area contributed by atoms with Crippen LogP contribution in [0.4, 0.5) is 8.78 Å². The molecule has 1 aliphatic rings. The number of rotatable bonds is 11. The molecular formula is C30H42F2N2. The lowest BCUT2D eigenvalue weighted by Crippen LogP contribution is -2.37. The highest BCUT2D eigenvalue weighted by Crippen LogP contribution is 2.37. The molecule has 4 heteroatoms. The van der Waals surface area contributed by atoms with Crippen molar-refractivity contribution in [3.05, 3.63) is 71.3 Å². The topological polar surface area (TPSA) is 27.0 Å². The second-order valence-corrected chi connectivity index (χ2v) is 9.33. The molecule has 0 bridgehead atoms. The highest BCUT2D eigenvalue weighted by atomic mass is 19.1. The summed E-state index contributed by atoms with van der Waals surface area (Å²) < 4.78 is 28.6. The molecule has 0 radical (unpaired) electrons. The Kier molecular flexibility index (Phi) is 12.9. The van der Waals surface area contributed by atoms with Crippen molar-refractivity contribution in [2.24, 2.45) is 0 Å². The highest BCUT2D eigenvalue weighted by Gasteiger charge is 2.34. The van der Waals surface area contributed by atoms with E-state index >= 15 is 0 Å². The van der Waals surface area contributed by atoms with Gasteiger partial charge in [-0.15, -0.1) is 0 Å². The third kappa shape index (κ3) is 8.84. The molecule has 0 aliphatic heterocycles. The van der Waals surface area contributed by atoms with Crippen molar-refractivity contribution in [3.63, 3.8) is 0 Å². The number of nitrogens with zero attached hydrogens (tertiary/aromatic N) is 2. The first-order chi connectivity index (χ1) is 16.5. The summed E-state index contributed by atoms with van der Waals surface area (Å²) in [5.74, 6) is -0.579. The van der Waals surface area contributed by atoms with Gasteiger partial charge in [-0.2, -0.15) is 5.26 Å². The summed E-state index contributed by atoms with van der Waals surface area (Å²) in [6.45, 7) is 8.18. The molecule has 186 valence electrons. The molecule has 1 aliphatic carbocycles. The van der Waals surface area contributed by atoms with Crippen LogP contribution in [-0.4, -0.2) is 36.4 Å². The molecule has 1 fully saturated rings. The zero-order valence-electron chi connectivity index (χ0n) is 21.2. The van der Waals surface area contributed by atoms with E-state index in [1.807, 2.05) is 12.1 Å². The molecule has 0 amide bonds. The average Bonchev–Trinajstić information content (AvgIpc) is 2.84. The second kappa shape index (κ2) is 15.6. The summed E-state index contributed by atoms with van der Waals surface area (Å²) in [5, 5.41) is 7.32. The summed E-state index contributed by atoms with van der Waals surface area (Å²) >= 11 is 0. The molecule has 0 N–H and O–H groups in total. The number of nitriles is 1. The maximum Gasteiger partial charge on any atom is 0.110 e. The molecule has 3 unspecified atom stereocenters. The molecule has 2 nitrogen and oxygen atoms in total. The van der Waals surface area contributed by atoms with Gasteiger partial charge in [0.2, 0.25) is 0 Å². The van der Waals surface area contributed by atoms with Crippen LogP contribution in [0.5, 0.6) is 0 Å². The van der Waals surface area contributed by atoms with Crippen molar-refractivity contribution in [2.75, 3.05) is 13.1 Å². The van der Waals surface area contributed by atoms with Crippen LogP contribution < -0.4 is 0 Å². The molecule has 3 atom stereocenters. The minimum Gasteiger partial charge on any atom is -0.300 e. The van der Waals surface area contributed by atoms with E-state index in [0.29, 0.717) is 25.3 Å². The van der Waals surface area contributed by atoms with Gasteiger partial charge in [0.05, 0.1) is 6.07 Å². The Morgan fingerprint density at radius 2 is 1.50 bits per heavy atom. The lowest BCUT2D eigenvalue weighted by molar-refractivity contribution is 0.124. The largest absolute Gasteiger partial charge is 0.300 e. The van der Waals surface area contributed by atoms with Crippen molar-refractivity contribution in [1.29, 1.82) is 5.26 Å². The predicted octanol–water partition coefficient (Wildman–Crippen LogP) is 7.83. The Balaban J connectivity index is 0.00000129. The first-order valence-corrected chi connectivity index (χ1v) is 13.0. The van der Waals surface area contributed by atoms with Gasteiger partial charge < -0.3 is 4.90 Å². The van der Waals surface area contributed by atoms with Gasteiger partial charge in [0.25, 0.3) is 0 Å². The molecule has 34 heavy (non-hydrogen) atoms. The van der Waals surface area contributed by atoms with E-state index in [1.54, 1.807) is 6.07 Å². The quantitative estimate of drug-likeness (QED) is 0.336. The van der Waals surface area contributed by atoms with E-state index in [-0.39, 0.29) is 0 Å². The monoisotopic (exact) mass is 468 g/mol. The molecule has 3 rings (SSSR count). The minimum absolute atomic E-state index is 0.487. The smallest absolute Gasteiger partial charge is 0.110 e. The maximum absolute atomic E-state index is 14.3. The van der Waals surface area contributed by atoms with Crippen LogP contribution in [-0.2, 0) is 12.8 Å². The summed E-state index contributed by atoms with van der Waals surface area (Å²) in [4.78, 5) is 2.64. The van der Waals surface area contributed by atoms with E-state index in [2.05, 4.69) is 61.2 Å². The molecule has 0 heterocycles. The van der Waals surface area contributed by atoms with E-state index in [1.165, 1.54) is 18.1 Å². The lowest BCUT2D eigenvalue weighted by atomic mass is 9.81. The Morgan fingerprint density at radius 3 is 2.06 bits per heavy atom. The molecule has 0 spiro atoms. The summed E-state index contributed by atoms with van der Waals surface area (Å²) in [7, 11) is 0. The minimum atomic E-state index is -1.05. The second-order valence-electron chi connectivity index (χ2n) is 9.33. The van der Waals surface area contributed by atoms with Gasteiger partial charge in [0, 0.05) is 25.4 Å². The number of aryl methyl sites for hydroxylation is 1. The molecular weight excluding hydrogens is 426 g/mol. The van der Waals surface area contributed by atoms with Crippen molar-refractivity contribution < 1.29 is 8.78 Å². The molecule has 0 aromatic heterocycles. The maximum atomic E-state index is 14.3. The first-order valence-electron chi connectivity index (χ1n) is 13.0. The number of halogens is 2. The normalized spacial score (nSPS) is 20.8. The van der Waals surface area contributed by atoms with Crippen LogP contribution in [0.25, 0.3) is 0 Å². The summed E-state index contributed by atoms with van der Waals surface area (Å²) in [6, 6.07) is 21.1. The van der Waals surface area contributed by atoms with Gasteiger partial charge in [-0.3, -0.25) is 0 Å². The van der Waals surface area contributed by atoms with Gasteiger partial charge in [0.1, 0.15) is 12.3 Å². The lowest BCUT2D eigenvalue weighted by Gasteiger charge is -2.31. The van der Waals surface area contributed by atoms with Crippen molar-refractivity contribution in [1.82, 2.24) is 4.90 Å². The van der Waals surface area contributed by atoms with Crippen LogP contribution in [0.1, 0.15) is 81.9 Å². The van der Waals surface area contributed by atoms with E-state index in [9.17, 15) is 8.78 Å². The Morgan fingerprint density at radius 1 is 0.912 bits per heavy atom. The fourth-order valence-electron chi connectivity index (χ4n) is 5.08. The zero-order chi connectivity index (χ0) is 24.8. The average molecular weight is 469 g/mol. The number of alkyl halides is 2. The van der Waals surface area contributed by atoms with Gasteiger partial charge >= 0.3 is 0 Å². The van der Waals surface area contributed by atoms with Crippen LogP contribution in [0.3, 0.4) is 0 Å². The third-order valence-electron chi connectivity index (χ3n) is 6.90. The predicted molar refractivity (Wildman–Crippen MR) is 139 cm³/mol. The molecule has 0 saturated heterocycles. The van der Waals surface area contributed by atoms with E-state index in [0.717, 1.165) is 50.8 Å². The van der Waals surface area contributed by atoms with E-state index < -0.39 is 18.3 Å². The number of hydrogen-bond acceptors (Lipinski definition) is 2. The SMILES string of the molecule is CC#N.CCCN(CCc1ccccc1)C(CC)CCc1ccc(C2C(F)CCCC2F)cc1. The fourth-order valence-corrected chi connectivity index (χ4v) is 5.08. The van der Waals surface area contributed by atoms with Crippen LogP contribution in [0, 0.1) is 11.3 Å². The third-order valence-corrected chi connectivity index (χ3v) is 6.90. The van der Waals surface area contributed by atoms with Crippen molar-refractivity contribution in [3.8, 4) is 6.07 Å². The zero-order valence-corrected chi connectivity index (χ0v) is 21.2. The van der Waals surface area contributed by atoms with Crippen LogP contribution in [0.2, 0.25) is 0 Å². The van der Waals surface area contributed by atoms with Crippen LogP contribution in [0.15, 0.2) is 54.6 Å². The highest BCUT2D eigenvalue weighted by molar-refractivity contribution is 5.28. The number of benzene rings is 2. The molecule has 2 aromatic carbocycles. The molecule has 1 saturated carbocycles. The summed E-state index contributed by atoms with van der Waals surface area (Å²) in [6.07, 6.45) is 5.05. The number of hydrogen-bond donors (Lipinski definition) is 0. The van der Waals surface area contributed by atoms with Gasteiger partial charge in [-0.05, 0) is 74.6 Å². The van der Waals surface area contributed by atoms with E-state index in [4.69, 9.17) is 5.26 Å². The van der Waals surface area contributed by atoms with Gasteiger partial charge in [-0.25, -0.2) is 8.78 Å². The fraction of sp³-hybridized carbons (Fsp3) is 0.567. The Bertz CT molecular complexity index is 821. The van der Waals surface area contributed by atoms with Gasteiger partial charge in [0.15, 0.2) is 0 Å². The molecule has 2 aromatic rings.